The van der Waals surface area contributed by atoms with E-state index in [9.17, 15) is 4.79 Å². The van der Waals surface area contributed by atoms with Crippen LogP contribution in [0.25, 0.3) is 0 Å². The molecular formula is C17H21N3O2S. The maximum Gasteiger partial charge on any atom is 0.238 e. The minimum Gasteiger partial charge on any atom is -0.383 e. The van der Waals surface area contributed by atoms with Crippen LogP contribution in [0.2, 0.25) is 0 Å². The fraction of sp³-hybridized carbons (Fsp3) is 0.294. The van der Waals surface area contributed by atoms with Gasteiger partial charge in [0.2, 0.25) is 5.91 Å². The lowest BCUT2D eigenvalue weighted by molar-refractivity contribution is -0.115. The molecule has 6 heteroatoms. The van der Waals surface area contributed by atoms with Gasteiger partial charge in [-0.1, -0.05) is 6.07 Å². The lowest BCUT2D eigenvalue weighted by Crippen LogP contribution is -2.30. The van der Waals surface area contributed by atoms with Crippen LogP contribution in [0.1, 0.15) is 5.56 Å². The Kier molecular flexibility index (Phi) is 7.59. The molecule has 0 fully saturated rings. The normalized spacial score (nSPS) is 10.5. The Bertz CT molecular complexity index is 591. The smallest absolute Gasteiger partial charge is 0.238 e. The molecule has 0 atom stereocenters. The molecule has 0 aliphatic rings. The highest BCUT2D eigenvalue weighted by molar-refractivity contribution is 7.98. The lowest BCUT2D eigenvalue weighted by atomic mass is 10.3. The van der Waals surface area contributed by atoms with Crippen molar-refractivity contribution in [1.82, 2.24) is 10.3 Å². The number of benzene rings is 1. The number of pyridine rings is 1. The van der Waals surface area contributed by atoms with Crippen LogP contribution in [0.5, 0.6) is 0 Å². The van der Waals surface area contributed by atoms with Crippen LogP contribution in [0, 0.1) is 0 Å². The predicted octanol–water partition coefficient (Wildman–Crippen LogP) is 2.55. The van der Waals surface area contributed by atoms with Gasteiger partial charge in [-0.05, 0) is 35.9 Å². The summed E-state index contributed by atoms with van der Waals surface area (Å²) in [5.74, 6) is 0.819. The predicted molar refractivity (Wildman–Crippen MR) is 93.6 cm³/mol. The highest BCUT2D eigenvalue weighted by Gasteiger charge is 2.02. The first kappa shape index (κ1) is 17.5. The summed E-state index contributed by atoms with van der Waals surface area (Å²) in [6.07, 6.45) is 3.65. The number of amides is 1. The molecule has 1 aromatic heterocycles. The maximum absolute atomic E-state index is 11.7. The van der Waals surface area contributed by atoms with Crippen molar-refractivity contribution in [3.8, 4) is 0 Å². The molecule has 2 aromatic rings. The summed E-state index contributed by atoms with van der Waals surface area (Å²) in [4.78, 5) is 17.0. The third kappa shape index (κ3) is 6.81. The number of hydrogen-bond donors (Lipinski definition) is 2. The Morgan fingerprint density at radius 2 is 2.09 bits per heavy atom. The molecule has 1 aromatic carbocycles. The molecule has 0 unspecified atom stereocenters. The van der Waals surface area contributed by atoms with E-state index in [1.54, 1.807) is 25.1 Å². The number of thioether (sulfide) groups is 1. The van der Waals surface area contributed by atoms with Crippen LogP contribution in [-0.2, 0) is 15.3 Å². The second-order valence-electron chi connectivity index (χ2n) is 4.89. The Balaban J connectivity index is 1.74. The number of ether oxygens (including phenoxy) is 1. The third-order valence-corrected chi connectivity index (χ3v) is 4.12. The van der Waals surface area contributed by atoms with Gasteiger partial charge in [0.1, 0.15) is 0 Å². The monoisotopic (exact) mass is 331 g/mol. The molecule has 2 N–H and O–H groups in total. The molecule has 2 rings (SSSR count). The van der Waals surface area contributed by atoms with Crippen molar-refractivity contribution in [2.75, 3.05) is 32.1 Å². The van der Waals surface area contributed by atoms with E-state index in [1.165, 1.54) is 5.56 Å². The van der Waals surface area contributed by atoms with E-state index >= 15 is 0 Å². The molecule has 122 valence electrons. The number of methoxy groups -OCH3 is 1. The molecular weight excluding hydrogens is 310 g/mol. The minimum atomic E-state index is -0.0585. The van der Waals surface area contributed by atoms with Crippen LogP contribution in [-0.4, -0.2) is 37.7 Å². The molecule has 1 amide bonds. The van der Waals surface area contributed by atoms with E-state index in [0.717, 1.165) is 16.3 Å². The Morgan fingerprint density at radius 1 is 1.26 bits per heavy atom. The zero-order valence-corrected chi connectivity index (χ0v) is 13.9. The van der Waals surface area contributed by atoms with Crippen LogP contribution in [0.4, 0.5) is 5.69 Å². The SMILES string of the molecule is COCCNCC(=O)Nc1ccc(SCc2cccnc2)cc1. The van der Waals surface area contributed by atoms with Crippen LogP contribution >= 0.6 is 11.8 Å². The molecule has 0 saturated heterocycles. The second-order valence-corrected chi connectivity index (χ2v) is 5.94. The summed E-state index contributed by atoms with van der Waals surface area (Å²) < 4.78 is 4.91. The third-order valence-electron chi connectivity index (χ3n) is 3.03. The fourth-order valence-electron chi connectivity index (χ4n) is 1.87. The molecule has 0 radical (unpaired) electrons. The van der Waals surface area contributed by atoms with Crippen molar-refractivity contribution < 1.29 is 9.53 Å². The Labute approximate surface area is 140 Å². The molecule has 5 nitrogen and oxygen atoms in total. The van der Waals surface area contributed by atoms with Gasteiger partial charge in [0.15, 0.2) is 0 Å². The number of rotatable bonds is 9. The number of aromatic nitrogens is 1. The Morgan fingerprint density at radius 3 is 2.78 bits per heavy atom. The first-order chi connectivity index (χ1) is 11.3. The highest BCUT2D eigenvalue weighted by Crippen LogP contribution is 2.23. The molecule has 0 aliphatic heterocycles. The summed E-state index contributed by atoms with van der Waals surface area (Å²) >= 11 is 1.74. The number of hydrogen-bond acceptors (Lipinski definition) is 5. The topological polar surface area (TPSA) is 63.2 Å². The number of nitrogens with zero attached hydrogens (tertiary/aromatic N) is 1. The number of carbonyl (C=O) groups excluding carboxylic acids is 1. The van der Waals surface area contributed by atoms with E-state index in [4.69, 9.17) is 4.74 Å². The average molecular weight is 331 g/mol. The summed E-state index contributed by atoms with van der Waals surface area (Å²) in [6, 6.07) is 11.8. The van der Waals surface area contributed by atoms with Crippen molar-refractivity contribution in [3.05, 3.63) is 54.4 Å². The number of anilines is 1. The van der Waals surface area contributed by atoms with E-state index < -0.39 is 0 Å². The first-order valence-electron chi connectivity index (χ1n) is 7.39. The van der Waals surface area contributed by atoms with Gasteiger partial charge in [0.05, 0.1) is 13.2 Å². The van der Waals surface area contributed by atoms with Gasteiger partial charge in [-0.25, -0.2) is 0 Å². The molecule has 0 aliphatic carbocycles. The minimum absolute atomic E-state index is 0.0585. The molecule has 0 spiro atoms. The van der Waals surface area contributed by atoms with Crippen molar-refractivity contribution in [3.63, 3.8) is 0 Å². The van der Waals surface area contributed by atoms with Gasteiger partial charge >= 0.3 is 0 Å². The molecule has 1 heterocycles. The van der Waals surface area contributed by atoms with Gasteiger partial charge in [-0.2, -0.15) is 0 Å². The highest BCUT2D eigenvalue weighted by atomic mass is 32.2. The van der Waals surface area contributed by atoms with Crippen molar-refractivity contribution >= 4 is 23.4 Å². The summed E-state index contributed by atoms with van der Waals surface area (Å²) in [5, 5.41) is 5.87. The van der Waals surface area contributed by atoms with Gasteiger partial charge in [0, 0.05) is 42.4 Å². The maximum atomic E-state index is 11.7. The first-order valence-corrected chi connectivity index (χ1v) is 8.38. The lowest BCUT2D eigenvalue weighted by Gasteiger charge is -2.07. The van der Waals surface area contributed by atoms with Crippen molar-refractivity contribution in [1.29, 1.82) is 0 Å². The van der Waals surface area contributed by atoms with Gasteiger partial charge in [0.25, 0.3) is 0 Å². The van der Waals surface area contributed by atoms with Crippen molar-refractivity contribution in [2.24, 2.45) is 0 Å². The Hall–Kier alpha value is -1.89. The summed E-state index contributed by atoms with van der Waals surface area (Å²) in [7, 11) is 1.63. The fourth-order valence-corrected chi connectivity index (χ4v) is 2.70. The van der Waals surface area contributed by atoms with Gasteiger partial charge in [-0.3, -0.25) is 9.78 Å². The van der Waals surface area contributed by atoms with E-state index in [0.29, 0.717) is 13.2 Å². The molecule has 0 saturated carbocycles. The molecule has 0 bridgehead atoms. The quantitative estimate of drug-likeness (QED) is 0.546. The zero-order chi connectivity index (χ0) is 16.3. The van der Waals surface area contributed by atoms with E-state index in [-0.39, 0.29) is 12.5 Å². The van der Waals surface area contributed by atoms with Crippen LogP contribution in [0.3, 0.4) is 0 Å². The van der Waals surface area contributed by atoms with E-state index in [2.05, 4.69) is 21.7 Å². The largest absolute Gasteiger partial charge is 0.383 e. The van der Waals surface area contributed by atoms with Gasteiger partial charge < -0.3 is 15.4 Å². The average Bonchev–Trinajstić information content (AvgIpc) is 2.59. The van der Waals surface area contributed by atoms with E-state index in [1.807, 2.05) is 36.5 Å². The van der Waals surface area contributed by atoms with Crippen molar-refractivity contribution in [2.45, 2.75) is 10.6 Å². The standard InChI is InChI=1S/C17H21N3O2S/c1-22-10-9-19-12-17(21)20-15-4-6-16(7-5-15)23-13-14-3-2-8-18-11-14/h2-8,11,19H,9-10,12-13H2,1H3,(H,20,21). The number of nitrogens with one attached hydrogen (secondary N) is 2. The van der Waals surface area contributed by atoms with Gasteiger partial charge in [-0.15, -0.1) is 11.8 Å². The van der Waals surface area contributed by atoms with Crippen LogP contribution < -0.4 is 10.6 Å². The van der Waals surface area contributed by atoms with Crippen LogP contribution in [0.15, 0.2) is 53.7 Å². The number of carbonyl (C=O) groups is 1. The zero-order valence-electron chi connectivity index (χ0n) is 13.1. The second kappa shape index (κ2) is 9.99. The summed E-state index contributed by atoms with van der Waals surface area (Å²) in [5.41, 5.74) is 1.99. The summed E-state index contributed by atoms with van der Waals surface area (Å²) in [6.45, 7) is 1.53. The molecule has 23 heavy (non-hydrogen) atoms.